The molecular weight excluding hydrogens is 196 g/mol. The molecule has 0 aromatic rings. The molecule has 2 fully saturated rings. The van der Waals surface area contributed by atoms with Crippen LogP contribution in [-0.2, 0) is 18.9 Å². The molecule has 0 unspecified atom stereocenters. The summed E-state index contributed by atoms with van der Waals surface area (Å²) in [6.45, 7) is 14.9. The third-order valence-corrected chi connectivity index (χ3v) is 2.60. The van der Waals surface area contributed by atoms with Gasteiger partial charge < -0.3 is 9.47 Å². The third-order valence-electron chi connectivity index (χ3n) is 2.60. The Balaban J connectivity index is 2.27. The fraction of sp³-hybridized carbons (Fsp3) is 0.636. The summed E-state index contributed by atoms with van der Waals surface area (Å²) < 4.78 is 22.0. The Morgan fingerprint density at radius 2 is 1.13 bits per heavy atom. The summed E-state index contributed by atoms with van der Waals surface area (Å²) in [7, 11) is 0. The van der Waals surface area contributed by atoms with Crippen molar-refractivity contribution in [2.45, 2.75) is 45.1 Å². The fourth-order valence-corrected chi connectivity index (χ4v) is 1.41. The van der Waals surface area contributed by atoms with Crippen molar-refractivity contribution in [2.24, 2.45) is 0 Å². The molecule has 0 bridgehead atoms. The van der Waals surface area contributed by atoms with Crippen LogP contribution in [0, 0.1) is 0 Å². The predicted octanol–water partition coefficient (Wildman–Crippen LogP) is 2.28. The number of ether oxygens (including phenoxy) is 4. The van der Waals surface area contributed by atoms with Crippen LogP contribution in [0.5, 0.6) is 0 Å². The van der Waals surface area contributed by atoms with Gasteiger partial charge in [-0.3, -0.25) is 9.47 Å². The van der Waals surface area contributed by atoms with Crippen LogP contribution in [0.4, 0.5) is 0 Å². The molecule has 0 saturated carbocycles. The lowest BCUT2D eigenvalue weighted by Gasteiger charge is -2.21. The summed E-state index contributed by atoms with van der Waals surface area (Å²) in [5.41, 5.74) is -1.25. The molecule has 2 heterocycles. The first-order chi connectivity index (χ1) is 6.67. The molecule has 0 N–H and O–H groups in total. The Kier molecular flexibility index (Phi) is 1.80. The van der Waals surface area contributed by atoms with Gasteiger partial charge in [-0.25, -0.2) is 0 Å². The van der Waals surface area contributed by atoms with Gasteiger partial charge in [-0.05, 0) is 27.7 Å². The summed E-state index contributed by atoms with van der Waals surface area (Å²) in [5.74, 6) is 0.959. The van der Waals surface area contributed by atoms with Crippen LogP contribution < -0.4 is 0 Å². The predicted molar refractivity (Wildman–Crippen MR) is 53.5 cm³/mol. The van der Waals surface area contributed by atoms with Gasteiger partial charge in [-0.2, -0.15) is 0 Å². The Labute approximate surface area is 89.5 Å². The molecule has 0 atom stereocenters. The maximum atomic E-state index is 5.59. The van der Waals surface area contributed by atoms with E-state index in [9.17, 15) is 0 Å². The van der Waals surface area contributed by atoms with Crippen molar-refractivity contribution < 1.29 is 18.9 Å². The van der Waals surface area contributed by atoms with Gasteiger partial charge >= 0.3 is 6.16 Å². The zero-order valence-electron chi connectivity index (χ0n) is 9.55. The monoisotopic (exact) mass is 212 g/mol. The van der Waals surface area contributed by atoms with E-state index in [-0.39, 0.29) is 0 Å². The van der Waals surface area contributed by atoms with Crippen LogP contribution in [0.1, 0.15) is 27.7 Å². The van der Waals surface area contributed by atoms with Crippen molar-refractivity contribution in [3.8, 4) is 0 Å². The highest BCUT2D eigenvalue weighted by atomic mass is 17.1. The zero-order valence-corrected chi connectivity index (χ0v) is 9.55. The van der Waals surface area contributed by atoms with E-state index in [1.54, 1.807) is 0 Å². The minimum absolute atomic E-state index is 0.480. The maximum Gasteiger partial charge on any atom is 0.511 e. The van der Waals surface area contributed by atoms with Crippen LogP contribution in [0.2, 0.25) is 0 Å². The molecule has 4 heteroatoms. The largest absolute Gasteiger partial charge is 0.511 e. The maximum absolute atomic E-state index is 5.59. The van der Waals surface area contributed by atoms with E-state index in [0.717, 1.165) is 0 Å². The highest BCUT2D eigenvalue weighted by Crippen LogP contribution is 2.48. The second kappa shape index (κ2) is 2.57. The second-order valence-electron chi connectivity index (χ2n) is 4.78. The molecule has 4 nitrogen and oxygen atoms in total. The quantitative estimate of drug-likeness (QED) is 0.617. The first kappa shape index (κ1) is 10.5. The zero-order chi connectivity index (χ0) is 11.5. The first-order valence-corrected chi connectivity index (χ1v) is 4.84. The lowest BCUT2D eigenvalue weighted by atomic mass is 10.1. The van der Waals surface area contributed by atoms with E-state index in [0.29, 0.717) is 11.5 Å². The molecule has 2 saturated heterocycles. The highest BCUT2D eigenvalue weighted by molar-refractivity contribution is 5.11. The molecule has 1 spiro atoms. The molecule has 2 aliphatic heterocycles. The average Bonchev–Trinajstić information content (AvgIpc) is 2.31. The second-order valence-corrected chi connectivity index (χ2v) is 4.78. The van der Waals surface area contributed by atoms with Gasteiger partial charge in [-0.1, -0.05) is 13.2 Å². The molecule has 15 heavy (non-hydrogen) atoms. The minimum Gasteiger partial charge on any atom is -0.409 e. The third kappa shape index (κ3) is 1.44. The van der Waals surface area contributed by atoms with Crippen molar-refractivity contribution in [1.29, 1.82) is 0 Å². The van der Waals surface area contributed by atoms with Gasteiger partial charge in [-0.15, -0.1) is 0 Å². The molecule has 0 aromatic heterocycles. The van der Waals surface area contributed by atoms with Gasteiger partial charge in [0.25, 0.3) is 0 Å². The van der Waals surface area contributed by atoms with Crippen LogP contribution >= 0.6 is 0 Å². The Morgan fingerprint density at radius 3 is 1.33 bits per heavy atom. The van der Waals surface area contributed by atoms with E-state index in [4.69, 9.17) is 18.9 Å². The average molecular weight is 212 g/mol. The van der Waals surface area contributed by atoms with Gasteiger partial charge in [0.2, 0.25) is 0 Å². The van der Waals surface area contributed by atoms with E-state index >= 15 is 0 Å². The van der Waals surface area contributed by atoms with Gasteiger partial charge in [0.05, 0.1) is 0 Å². The molecule has 0 aliphatic carbocycles. The van der Waals surface area contributed by atoms with Crippen LogP contribution in [0.3, 0.4) is 0 Å². The fourth-order valence-electron chi connectivity index (χ4n) is 1.41. The molecule has 2 aliphatic rings. The Hall–Kier alpha value is -1.00. The summed E-state index contributed by atoms with van der Waals surface area (Å²) >= 11 is 0. The van der Waals surface area contributed by atoms with Crippen molar-refractivity contribution in [1.82, 2.24) is 0 Å². The normalized spacial score (nSPS) is 30.4. The molecular formula is C11H16O4. The summed E-state index contributed by atoms with van der Waals surface area (Å²) in [5, 5.41) is 0. The lowest BCUT2D eigenvalue weighted by molar-refractivity contribution is -0.435. The Morgan fingerprint density at radius 1 is 0.800 bits per heavy atom. The summed E-state index contributed by atoms with van der Waals surface area (Å²) in [4.78, 5) is 0. The van der Waals surface area contributed by atoms with Crippen molar-refractivity contribution in [2.75, 3.05) is 0 Å². The van der Waals surface area contributed by atoms with E-state index in [2.05, 4.69) is 13.2 Å². The smallest absolute Gasteiger partial charge is 0.409 e. The molecule has 0 amide bonds. The van der Waals surface area contributed by atoms with Gasteiger partial charge in [0, 0.05) is 0 Å². The summed E-state index contributed by atoms with van der Waals surface area (Å²) in [6.07, 6.45) is -1.50. The van der Waals surface area contributed by atoms with Crippen LogP contribution in [0.25, 0.3) is 0 Å². The first-order valence-electron chi connectivity index (χ1n) is 4.84. The highest BCUT2D eigenvalue weighted by Gasteiger charge is 2.61. The van der Waals surface area contributed by atoms with Gasteiger partial charge in [0.15, 0.2) is 0 Å². The number of rotatable bonds is 0. The van der Waals surface area contributed by atoms with Crippen molar-refractivity contribution >= 4 is 0 Å². The van der Waals surface area contributed by atoms with Crippen LogP contribution in [0.15, 0.2) is 24.7 Å². The van der Waals surface area contributed by atoms with E-state index < -0.39 is 17.4 Å². The molecule has 2 rings (SSSR count). The standard InChI is InChI=1S/C11H16O4/c1-7-9(3,4)14-11(12-7)13-8(2)10(5,6)15-11/h1-2H2,3-6H3. The minimum atomic E-state index is -1.50. The number of hydrogen-bond acceptors (Lipinski definition) is 4. The van der Waals surface area contributed by atoms with Gasteiger partial charge in [0.1, 0.15) is 22.7 Å². The lowest BCUT2D eigenvalue weighted by Crippen LogP contribution is -2.36. The topological polar surface area (TPSA) is 36.9 Å². The molecule has 84 valence electrons. The molecule has 0 radical (unpaired) electrons. The van der Waals surface area contributed by atoms with E-state index in [1.165, 1.54) is 0 Å². The Bertz CT molecular complexity index is 306. The SMILES string of the molecule is C=C1OC2(OC(=C)C(C)(C)O2)OC1(C)C. The van der Waals surface area contributed by atoms with Crippen molar-refractivity contribution in [3.63, 3.8) is 0 Å². The van der Waals surface area contributed by atoms with Crippen molar-refractivity contribution in [3.05, 3.63) is 24.7 Å². The summed E-state index contributed by atoms with van der Waals surface area (Å²) in [6, 6.07) is 0. The number of hydrogen-bond donors (Lipinski definition) is 0. The van der Waals surface area contributed by atoms with Crippen LogP contribution in [-0.4, -0.2) is 17.4 Å². The molecule has 0 aromatic carbocycles. The van der Waals surface area contributed by atoms with E-state index in [1.807, 2.05) is 27.7 Å².